The van der Waals surface area contributed by atoms with Crippen LogP contribution in [0.1, 0.15) is 0 Å². The lowest BCUT2D eigenvalue weighted by Crippen LogP contribution is -2.33. The molecule has 2 amide bonds. The minimum absolute atomic E-state index is 0.0749. The summed E-state index contributed by atoms with van der Waals surface area (Å²) < 4.78 is 5.67. The summed E-state index contributed by atoms with van der Waals surface area (Å²) in [4.78, 5) is 13.2. The van der Waals surface area contributed by atoms with Gasteiger partial charge in [0.25, 0.3) is 0 Å². The zero-order valence-electron chi connectivity index (χ0n) is 12.1. The molecule has 0 unspecified atom stereocenters. The van der Waals surface area contributed by atoms with E-state index in [1.165, 1.54) is 4.90 Å². The van der Waals surface area contributed by atoms with Crippen molar-refractivity contribution in [3.05, 3.63) is 53.6 Å². The molecule has 0 radical (unpaired) electrons. The topological polar surface area (TPSA) is 61.8 Å². The van der Waals surface area contributed by atoms with Gasteiger partial charge in [-0.15, -0.1) is 0 Å². The van der Waals surface area contributed by atoms with Gasteiger partial charge in [-0.2, -0.15) is 0 Å². The molecule has 6 heteroatoms. The molecular formula is C16H17ClN2O3. The largest absolute Gasteiger partial charge is 0.456 e. The number of carbonyl (C=O) groups is 1. The van der Waals surface area contributed by atoms with Gasteiger partial charge in [0.2, 0.25) is 0 Å². The minimum Gasteiger partial charge on any atom is -0.456 e. The molecule has 0 saturated heterocycles. The summed E-state index contributed by atoms with van der Waals surface area (Å²) in [5.74, 6) is 1.19. The molecule has 0 aromatic heterocycles. The highest BCUT2D eigenvalue weighted by molar-refractivity contribution is 6.32. The first-order valence-corrected chi connectivity index (χ1v) is 7.13. The maximum Gasteiger partial charge on any atom is 0.321 e. The third-order valence-corrected chi connectivity index (χ3v) is 3.26. The summed E-state index contributed by atoms with van der Waals surface area (Å²) in [7, 11) is 1.61. The van der Waals surface area contributed by atoms with E-state index in [4.69, 9.17) is 21.4 Å². The smallest absolute Gasteiger partial charge is 0.321 e. The van der Waals surface area contributed by atoms with Gasteiger partial charge in [0.05, 0.1) is 11.6 Å². The van der Waals surface area contributed by atoms with Crippen LogP contribution in [0, 0.1) is 0 Å². The van der Waals surface area contributed by atoms with E-state index in [-0.39, 0.29) is 19.2 Å². The summed E-state index contributed by atoms with van der Waals surface area (Å²) in [6.07, 6.45) is 0. The van der Waals surface area contributed by atoms with Gasteiger partial charge < -0.3 is 20.1 Å². The molecule has 0 aliphatic rings. The standard InChI is InChI=1S/C16H17ClN2O3/c1-19(10-11-20)16(21)18-12-6-8-13(9-7-12)22-15-5-3-2-4-14(15)17/h2-9,20H,10-11H2,1H3,(H,18,21). The number of amides is 2. The maximum absolute atomic E-state index is 11.8. The minimum atomic E-state index is -0.283. The van der Waals surface area contributed by atoms with Gasteiger partial charge in [0, 0.05) is 19.3 Å². The zero-order chi connectivity index (χ0) is 15.9. The molecule has 2 aromatic carbocycles. The molecule has 2 rings (SSSR count). The molecule has 2 aromatic rings. The molecule has 0 aliphatic carbocycles. The molecule has 5 nitrogen and oxygen atoms in total. The van der Waals surface area contributed by atoms with E-state index in [1.807, 2.05) is 12.1 Å². The average molecular weight is 321 g/mol. The molecule has 0 fully saturated rings. The number of para-hydroxylation sites is 1. The number of carbonyl (C=O) groups excluding carboxylic acids is 1. The third kappa shape index (κ3) is 4.38. The highest BCUT2D eigenvalue weighted by atomic mass is 35.5. The Morgan fingerprint density at radius 2 is 1.91 bits per heavy atom. The molecule has 116 valence electrons. The first-order valence-electron chi connectivity index (χ1n) is 6.75. The Hall–Kier alpha value is -2.24. The average Bonchev–Trinajstić information content (AvgIpc) is 2.51. The number of hydrogen-bond acceptors (Lipinski definition) is 3. The predicted octanol–water partition coefficient (Wildman–Crippen LogP) is 3.59. The van der Waals surface area contributed by atoms with E-state index < -0.39 is 0 Å². The van der Waals surface area contributed by atoms with Crippen LogP contribution in [-0.2, 0) is 0 Å². The number of anilines is 1. The fraction of sp³-hybridized carbons (Fsp3) is 0.188. The Morgan fingerprint density at radius 3 is 2.55 bits per heavy atom. The zero-order valence-corrected chi connectivity index (χ0v) is 12.9. The predicted molar refractivity (Wildman–Crippen MR) is 86.7 cm³/mol. The number of benzene rings is 2. The second-order valence-corrected chi connectivity index (χ2v) is 5.04. The Labute approximate surface area is 134 Å². The molecule has 0 bridgehead atoms. The van der Waals surface area contributed by atoms with Gasteiger partial charge in [-0.1, -0.05) is 23.7 Å². The molecule has 0 saturated carbocycles. The van der Waals surface area contributed by atoms with Gasteiger partial charge in [0.1, 0.15) is 11.5 Å². The highest BCUT2D eigenvalue weighted by Crippen LogP contribution is 2.29. The van der Waals surface area contributed by atoms with Gasteiger partial charge in [0.15, 0.2) is 0 Å². The number of halogens is 1. The molecule has 0 aliphatic heterocycles. The van der Waals surface area contributed by atoms with Crippen LogP contribution >= 0.6 is 11.6 Å². The lowest BCUT2D eigenvalue weighted by Gasteiger charge is -2.16. The number of ether oxygens (including phenoxy) is 1. The number of hydrogen-bond donors (Lipinski definition) is 2. The van der Waals surface area contributed by atoms with Gasteiger partial charge in [-0.25, -0.2) is 4.79 Å². The van der Waals surface area contributed by atoms with Crippen LogP contribution in [0.3, 0.4) is 0 Å². The van der Waals surface area contributed by atoms with Crippen molar-refractivity contribution in [1.29, 1.82) is 0 Å². The van der Waals surface area contributed by atoms with Crippen molar-refractivity contribution >= 4 is 23.3 Å². The first-order chi connectivity index (χ1) is 10.6. The molecule has 0 atom stereocenters. The Kier molecular flexibility index (Phi) is 5.63. The van der Waals surface area contributed by atoms with Crippen LogP contribution in [0.15, 0.2) is 48.5 Å². The van der Waals surface area contributed by atoms with Crippen molar-refractivity contribution in [1.82, 2.24) is 4.90 Å². The molecule has 2 N–H and O–H groups in total. The quantitative estimate of drug-likeness (QED) is 0.885. The number of likely N-dealkylation sites (N-methyl/N-ethyl adjacent to an activating group) is 1. The second-order valence-electron chi connectivity index (χ2n) is 4.63. The van der Waals surface area contributed by atoms with E-state index in [0.717, 1.165) is 0 Å². The van der Waals surface area contributed by atoms with E-state index >= 15 is 0 Å². The van der Waals surface area contributed by atoms with Crippen LogP contribution in [0.5, 0.6) is 11.5 Å². The summed E-state index contributed by atoms with van der Waals surface area (Å²) in [6, 6.07) is 13.9. The summed E-state index contributed by atoms with van der Waals surface area (Å²) in [6.45, 7) is 0.202. The van der Waals surface area contributed by atoms with Crippen LogP contribution in [0.4, 0.5) is 10.5 Å². The fourth-order valence-electron chi connectivity index (χ4n) is 1.73. The number of aliphatic hydroxyl groups excluding tert-OH is 1. The van der Waals surface area contributed by atoms with E-state index in [0.29, 0.717) is 22.2 Å². The number of nitrogens with one attached hydrogen (secondary N) is 1. The van der Waals surface area contributed by atoms with E-state index in [9.17, 15) is 4.79 Å². The first kappa shape index (κ1) is 16.1. The number of urea groups is 1. The van der Waals surface area contributed by atoms with Crippen molar-refractivity contribution in [3.63, 3.8) is 0 Å². The lowest BCUT2D eigenvalue weighted by atomic mass is 10.3. The molecule has 0 spiro atoms. The lowest BCUT2D eigenvalue weighted by molar-refractivity contribution is 0.202. The van der Waals surface area contributed by atoms with Crippen molar-refractivity contribution in [2.75, 3.05) is 25.5 Å². The number of nitrogens with zero attached hydrogens (tertiary/aromatic N) is 1. The van der Waals surface area contributed by atoms with Crippen LogP contribution in [-0.4, -0.2) is 36.2 Å². The normalized spacial score (nSPS) is 10.1. The van der Waals surface area contributed by atoms with Crippen molar-refractivity contribution in [2.45, 2.75) is 0 Å². The van der Waals surface area contributed by atoms with Gasteiger partial charge in [-0.3, -0.25) is 0 Å². The summed E-state index contributed by atoms with van der Waals surface area (Å²) >= 11 is 6.03. The summed E-state index contributed by atoms with van der Waals surface area (Å²) in [5.41, 5.74) is 0.640. The molecular weight excluding hydrogens is 304 g/mol. The highest BCUT2D eigenvalue weighted by Gasteiger charge is 2.08. The van der Waals surface area contributed by atoms with E-state index in [2.05, 4.69) is 5.32 Å². The molecule has 22 heavy (non-hydrogen) atoms. The summed E-state index contributed by atoms with van der Waals surface area (Å²) in [5, 5.41) is 12.1. The SMILES string of the molecule is CN(CCO)C(=O)Nc1ccc(Oc2ccccc2Cl)cc1. The van der Waals surface area contributed by atoms with Crippen LogP contribution < -0.4 is 10.1 Å². The Morgan fingerprint density at radius 1 is 1.23 bits per heavy atom. The third-order valence-electron chi connectivity index (χ3n) is 2.95. The second kappa shape index (κ2) is 7.68. The van der Waals surface area contributed by atoms with Crippen molar-refractivity contribution < 1.29 is 14.6 Å². The van der Waals surface area contributed by atoms with Gasteiger partial charge >= 0.3 is 6.03 Å². The Bertz CT molecular complexity index is 632. The molecule has 0 heterocycles. The van der Waals surface area contributed by atoms with Crippen LogP contribution in [0.2, 0.25) is 5.02 Å². The monoisotopic (exact) mass is 320 g/mol. The van der Waals surface area contributed by atoms with Gasteiger partial charge in [-0.05, 0) is 36.4 Å². The Balaban J connectivity index is 1.99. The van der Waals surface area contributed by atoms with E-state index in [1.54, 1.807) is 43.4 Å². The number of rotatable bonds is 5. The fourth-order valence-corrected chi connectivity index (χ4v) is 1.91. The number of aliphatic hydroxyl groups is 1. The maximum atomic E-state index is 11.8. The van der Waals surface area contributed by atoms with Crippen LogP contribution in [0.25, 0.3) is 0 Å². The van der Waals surface area contributed by atoms with Crippen molar-refractivity contribution in [3.8, 4) is 11.5 Å². The van der Waals surface area contributed by atoms with Crippen molar-refractivity contribution in [2.24, 2.45) is 0 Å².